The number of hydrogen-bond donors (Lipinski definition) is 1. The fraction of sp³-hybridized carbons (Fsp3) is 0.286. The highest BCUT2D eigenvalue weighted by Gasteiger charge is 2.13. The Kier molecular flexibility index (Phi) is 7.75. The molecule has 2 aromatic carbocycles. The van der Waals surface area contributed by atoms with Crippen LogP contribution in [0.15, 0.2) is 47.4 Å². The summed E-state index contributed by atoms with van der Waals surface area (Å²) in [6.45, 7) is 6.48. The van der Waals surface area contributed by atoms with Crippen LogP contribution in [-0.2, 0) is 4.79 Å². The minimum atomic E-state index is -0.523. The molecule has 0 unspecified atom stereocenters. The average Bonchev–Trinajstić information content (AvgIpc) is 2.68. The molecule has 0 bridgehead atoms. The summed E-state index contributed by atoms with van der Waals surface area (Å²) < 4.78 is 14.0. The van der Waals surface area contributed by atoms with E-state index in [1.54, 1.807) is 29.2 Å². The zero-order valence-corrected chi connectivity index (χ0v) is 16.9. The molecule has 0 spiro atoms. The summed E-state index contributed by atoms with van der Waals surface area (Å²) in [5.41, 5.74) is 1.42. The Balaban J connectivity index is 1.93. The Morgan fingerprint density at radius 3 is 2.14 bits per heavy atom. The Morgan fingerprint density at radius 2 is 1.61 bits per heavy atom. The van der Waals surface area contributed by atoms with Crippen LogP contribution in [-0.4, -0.2) is 41.3 Å². The molecule has 148 valence electrons. The summed E-state index contributed by atoms with van der Waals surface area (Å²) >= 11 is 1.05. The lowest BCUT2D eigenvalue weighted by molar-refractivity contribution is -0.113. The molecule has 5 nitrogen and oxygen atoms in total. The van der Waals surface area contributed by atoms with Gasteiger partial charge in [-0.15, -0.1) is 11.8 Å². The molecule has 0 saturated carbocycles. The number of anilines is 1. The van der Waals surface area contributed by atoms with Gasteiger partial charge < -0.3 is 10.2 Å². The van der Waals surface area contributed by atoms with E-state index in [0.29, 0.717) is 34.8 Å². The van der Waals surface area contributed by atoms with E-state index >= 15 is 0 Å². The first-order chi connectivity index (χ1) is 13.3. The lowest BCUT2D eigenvalue weighted by Crippen LogP contribution is -2.30. The van der Waals surface area contributed by atoms with Crippen LogP contribution in [0.3, 0.4) is 0 Å². The highest BCUT2D eigenvalue weighted by atomic mass is 32.2. The van der Waals surface area contributed by atoms with Crippen LogP contribution in [0, 0.1) is 5.82 Å². The second kappa shape index (κ2) is 10.0. The number of hydrogen-bond acceptors (Lipinski definition) is 4. The van der Waals surface area contributed by atoms with Crippen molar-refractivity contribution >= 4 is 35.0 Å². The lowest BCUT2D eigenvalue weighted by Gasteiger charge is -2.18. The molecular formula is C21H23FN2O3S. The predicted octanol–water partition coefficient (Wildman–Crippen LogP) is 4.24. The lowest BCUT2D eigenvalue weighted by atomic mass is 10.1. The zero-order valence-electron chi connectivity index (χ0n) is 16.1. The van der Waals surface area contributed by atoms with Gasteiger partial charge in [-0.25, -0.2) is 4.39 Å². The van der Waals surface area contributed by atoms with Crippen LogP contribution in [0.5, 0.6) is 0 Å². The fourth-order valence-electron chi connectivity index (χ4n) is 2.57. The van der Waals surface area contributed by atoms with Gasteiger partial charge >= 0.3 is 0 Å². The van der Waals surface area contributed by atoms with Gasteiger partial charge in [0.05, 0.1) is 5.75 Å². The standard InChI is InChI=1S/C21H23FN2O3S/c1-4-24(5-2)21(27)15-6-9-17(10-7-15)23-20(26)13-28-19-11-8-16(14(3)25)12-18(19)22/h6-12H,4-5,13H2,1-3H3,(H,23,26). The number of benzene rings is 2. The molecule has 7 heteroatoms. The van der Waals surface area contributed by atoms with Gasteiger partial charge in [-0.05, 0) is 57.2 Å². The average molecular weight is 402 g/mol. The van der Waals surface area contributed by atoms with Crippen molar-refractivity contribution in [1.29, 1.82) is 0 Å². The number of rotatable bonds is 8. The van der Waals surface area contributed by atoms with E-state index in [-0.39, 0.29) is 23.4 Å². The third kappa shape index (κ3) is 5.66. The summed E-state index contributed by atoms with van der Waals surface area (Å²) in [7, 11) is 0. The molecule has 28 heavy (non-hydrogen) atoms. The van der Waals surface area contributed by atoms with Crippen molar-refractivity contribution in [3.8, 4) is 0 Å². The first kappa shape index (κ1) is 21.6. The predicted molar refractivity (Wildman–Crippen MR) is 109 cm³/mol. The van der Waals surface area contributed by atoms with Crippen molar-refractivity contribution in [2.24, 2.45) is 0 Å². The van der Waals surface area contributed by atoms with E-state index in [1.807, 2.05) is 13.8 Å². The number of carbonyl (C=O) groups is 3. The van der Waals surface area contributed by atoms with Gasteiger partial charge in [0.15, 0.2) is 5.78 Å². The largest absolute Gasteiger partial charge is 0.339 e. The molecular weight excluding hydrogens is 379 g/mol. The monoisotopic (exact) mass is 402 g/mol. The van der Waals surface area contributed by atoms with Gasteiger partial charge in [-0.1, -0.05) is 6.07 Å². The number of halogens is 1. The van der Waals surface area contributed by atoms with Crippen LogP contribution in [0.4, 0.5) is 10.1 Å². The van der Waals surface area contributed by atoms with Crippen LogP contribution >= 0.6 is 11.8 Å². The fourth-order valence-corrected chi connectivity index (χ4v) is 3.29. The summed E-state index contributed by atoms with van der Waals surface area (Å²) in [6.07, 6.45) is 0. The van der Waals surface area contributed by atoms with Gasteiger partial charge in [-0.2, -0.15) is 0 Å². The maximum Gasteiger partial charge on any atom is 0.253 e. The quantitative estimate of drug-likeness (QED) is 0.530. The number of ketones is 1. The Morgan fingerprint density at radius 1 is 1.00 bits per heavy atom. The minimum Gasteiger partial charge on any atom is -0.339 e. The van der Waals surface area contributed by atoms with Crippen molar-refractivity contribution < 1.29 is 18.8 Å². The number of Topliss-reactive ketones (excluding diaryl/α,β-unsaturated/α-hetero) is 1. The van der Waals surface area contributed by atoms with E-state index in [0.717, 1.165) is 11.8 Å². The molecule has 0 saturated heterocycles. The molecule has 2 rings (SSSR count). The van der Waals surface area contributed by atoms with Crippen molar-refractivity contribution in [3.63, 3.8) is 0 Å². The summed E-state index contributed by atoms with van der Waals surface area (Å²) in [4.78, 5) is 37.7. The van der Waals surface area contributed by atoms with E-state index in [9.17, 15) is 18.8 Å². The Hall–Kier alpha value is -2.67. The Labute approximate surface area is 168 Å². The summed E-state index contributed by atoms with van der Waals surface area (Å²) in [5.74, 6) is -1.05. The molecule has 0 aliphatic carbocycles. The van der Waals surface area contributed by atoms with Gasteiger partial charge in [0.1, 0.15) is 5.82 Å². The van der Waals surface area contributed by atoms with Crippen molar-refractivity contribution in [1.82, 2.24) is 4.90 Å². The number of nitrogens with one attached hydrogen (secondary N) is 1. The normalized spacial score (nSPS) is 10.4. The molecule has 0 heterocycles. The second-order valence-corrected chi connectivity index (χ2v) is 7.11. The zero-order chi connectivity index (χ0) is 20.7. The molecule has 1 N–H and O–H groups in total. The van der Waals surface area contributed by atoms with Crippen LogP contribution in [0.25, 0.3) is 0 Å². The molecule has 2 aromatic rings. The van der Waals surface area contributed by atoms with Gasteiger partial charge in [0.2, 0.25) is 5.91 Å². The first-order valence-electron chi connectivity index (χ1n) is 8.98. The Bertz CT molecular complexity index is 864. The van der Waals surface area contributed by atoms with Crippen molar-refractivity contribution in [3.05, 3.63) is 59.4 Å². The molecule has 0 fully saturated rings. The van der Waals surface area contributed by atoms with E-state index in [2.05, 4.69) is 5.32 Å². The van der Waals surface area contributed by atoms with Gasteiger partial charge in [0, 0.05) is 34.8 Å². The SMILES string of the molecule is CCN(CC)C(=O)c1ccc(NC(=O)CSc2ccc(C(C)=O)cc2F)cc1. The number of thioether (sulfide) groups is 1. The highest BCUT2D eigenvalue weighted by molar-refractivity contribution is 8.00. The number of carbonyl (C=O) groups excluding carboxylic acids is 3. The molecule has 0 radical (unpaired) electrons. The van der Waals surface area contributed by atoms with Crippen molar-refractivity contribution in [2.75, 3.05) is 24.2 Å². The first-order valence-corrected chi connectivity index (χ1v) is 9.96. The third-order valence-corrected chi connectivity index (χ3v) is 5.21. The van der Waals surface area contributed by atoms with E-state index < -0.39 is 5.82 Å². The van der Waals surface area contributed by atoms with E-state index in [1.165, 1.54) is 25.1 Å². The van der Waals surface area contributed by atoms with Gasteiger partial charge in [0.25, 0.3) is 5.91 Å². The second-order valence-electron chi connectivity index (χ2n) is 6.09. The maximum atomic E-state index is 14.0. The molecule has 0 aromatic heterocycles. The summed E-state index contributed by atoms with van der Waals surface area (Å²) in [5, 5.41) is 2.72. The highest BCUT2D eigenvalue weighted by Crippen LogP contribution is 2.23. The smallest absolute Gasteiger partial charge is 0.253 e. The minimum absolute atomic E-state index is 0.0243. The van der Waals surface area contributed by atoms with Crippen LogP contribution in [0.1, 0.15) is 41.5 Å². The maximum absolute atomic E-state index is 14.0. The van der Waals surface area contributed by atoms with Crippen molar-refractivity contribution in [2.45, 2.75) is 25.7 Å². The van der Waals surface area contributed by atoms with Crippen LogP contribution in [0.2, 0.25) is 0 Å². The molecule has 0 aliphatic heterocycles. The third-order valence-electron chi connectivity index (χ3n) is 4.16. The molecule has 0 atom stereocenters. The van der Waals surface area contributed by atoms with Gasteiger partial charge in [-0.3, -0.25) is 14.4 Å². The van der Waals surface area contributed by atoms with Crippen LogP contribution < -0.4 is 5.32 Å². The molecule has 0 aliphatic rings. The number of nitrogens with zero attached hydrogens (tertiary/aromatic N) is 1. The van der Waals surface area contributed by atoms with E-state index in [4.69, 9.17) is 0 Å². The summed E-state index contributed by atoms with van der Waals surface area (Å²) in [6, 6.07) is 10.9. The number of amides is 2. The topological polar surface area (TPSA) is 66.5 Å². The molecule has 2 amide bonds.